The van der Waals surface area contributed by atoms with Crippen LogP contribution in [0.3, 0.4) is 0 Å². The van der Waals surface area contributed by atoms with E-state index in [1.807, 2.05) is 19.9 Å². The number of phenols is 1. The zero-order chi connectivity index (χ0) is 19.7. The largest absolute Gasteiger partial charge is 0.508 e. The predicted molar refractivity (Wildman–Crippen MR) is 98.8 cm³/mol. The molecule has 0 aliphatic carbocycles. The normalized spacial score (nSPS) is 15.6. The first-order valence-electron chi connectivity index (χ1n) is 8.45. The van der Waals surface area contributed by atoms with Crippen LogP contribution >= 0.6 is 0 Å². The number of carboxylic acids is 1. The van der Waals surface area contributed by atoms with Crippen molar-refractivity contribution < 1.29 is 19.7 Å². The summed E-state index contributed by atoms with van der Waals surface area (Å²) >= 11 is 0. The SMILES string of the molecule is CCOc1ncc(C)c2c1[C@H](c1ccc(C#N)cc1O)C(C(=O)O)=C(C)N2. The number of aliphatic carboxylic acids is 1. The highest BCUT2D eigenvalue weighted by atomic mass is 16.5. The summed E-state index contributed by atoms with van der Waals surface area (Å²) in [5.41, 5.74) is 3.33. The molecule has 0 spiro atoms. The lowest BCUT2D eigenvalue weighted by Gasteiger charge is -2.31. The van der Waals surface area contributed by atoms with Crippen molar-refractivity contribution in [2.45, 2.75) is 26.7 Å². The van der Waals surface area contributed by atoms with Crippen molar-refractivity contribution in [1.29, 1.82) is 5.26 Å². The van der Waals surface area contributed by atoms with E-state index in [1.54, 1.807) is 25.3 Å². The van der Waals surface area contributed by atoms with E-state index in [4.69, 9.17) is 10.00 Å². The fourth-order valence-corrected chi connectivity index (χ4v) is 3.36. The topological polar surface area (TPSA) is 115 Å². The Kier molecular flexibility index (Phi) is 4.74. The number of aryl methyl sites for hydroxylation is 1. The van der Waals surface area contributed by atoms with Gasteiger partial charge in [0.1, 0.15) is 5.75 Å². The fourth-order valence-electron chi connectivity index (χ4n) is 3.36. The molecule has 27 heavy (non-hydrogen) atoms. The summed E-state index contributed by atoms with van der Waals surface area (Å²) in [6.07, 6.45) is 1.66. The quantitative estimate of drug-likeness (QED) is 0.761. The Morgan fingerprint density at radius 1 is 1.41 bits per heavy atom. The summed E-state index contributed by atoms with van der Waals surface area (Å²) in [5, 5.41) is 32.6. The number of nitriles is 1. The van der Waals surface area contributed by atoms with E-state index in [0.29, 0.717) is 35.0 Å². The molecule has 0 saturated carbocycles. The summed E-state index contributed by atoms with van der Waals surface area (Å²) in [6, 6.07) is 6.41. The number of aromatic nitrogens is 1. The minimum Gasteiger partial charge on any atom is -0.508 e. The number of allylic oxidation sites excluding steroid dienone is 1. The molecule has 0 unspecified atom stereocenters. The van der Waals surface area contributed by atoms with Crippen LogP contribution in [-0.4, -0.2) is 27.8 Å². The summed E-state index contributed by atoms with van der Waals surface area (Å²) in [4.78, 5) is 16.4. The Labute approximate surface area is 156 Å². The molecule has 1 aromatic heterocycles. The van der Waals surface area contributed by atoms with Gasteiger partial charge in [-0.2, -0.15) is 5.26 Å². The number of anilines is 1. The smallest absolute Gasteiger partial charge is 0.334 e. The lowest BCUT2D eigenvalue weighted by molar-refractivity contribution is -0.132. The van der Waals surface area contributed by atoms with Gasteiger partial charge in [-0.3, -0.25) is 0 Å². The second-order valence-corrected chi connectivity index (χ2v) is 6.26. The maximum atomic E-state index is 12.1. The molecule has 1 atom stereocenters. The molecule has 1 aromatic carbocycles. The van der Waals surface area contributed by atoms with Crippen LogP contribution in [0.5, 0.6) is 11.6 Å². The van der Waals surface area contributed by atoms with Gasteiger partial charge in [-0.15, -0.1) is 0 Å². The van der Waals surface area contributed by atoms with E-state index >= 15 is 0 Å². The highest BCUT2D eigenvalue weighted by molar-refractivity contribution is 5.94. The minimum atomic E-state index is -1.11. The molecule has 2 heterocycles. The zero-order valence-corrected chi connectivity index (χ0v) is 15.2. The number of hydrogen-bond donors (Lipinski definition) is 3. The van der Waals surface area contributed by atoms with Gasteiger partial charge >= 0.3 is 5.97 Å². The Bertz CT molecular complexity index is 1010. The van der Waals surface area contributed by atoms with E-state index in [2.05, 4.69) is 10.3 Å². The van der Waals surface area contributed by atoms with Gasteiger partial charge in [0.05, 0.1) is 41.0 Å². The average Bonchev–Trinajstić information content (AvgIpc) is 2.63. The number of ether oxygens (including phenoxy) is 1. The van der Waals surface area contributed by atoms with E-state index in [1.165, 1.54) is 6.07 Å². The first-order chi connectivity index (χ1) is 12.9. The highest BCUT2D eigenvalue weighted by Crippen LogP contribution is 2.48. The molecule has 7 heteroatoms. The molecule has 2 aromatic rings. The van der Waals surface area contributed by atoms with Crippen molar-refractivity contribution >= 4 is 11.7 Å². The predicted octanol–water partition coefficient (Wildman–Crippen LogP) is 3.28. The van der Waals surface area contributed by atoms with Gasteiger partial charge in [0, 0.05) is 17.5 Å². The van der Waals surface area contributed by atoms with Crippen molar-refractivity contribution in [2.75, 3.05) is 11.9 Å². The average molecular weight is 365 g/mol. The van der Waals surface area contributed by atoms with E-state index in [9.17, 15) is 15.0 Å². The molecule has 0 fully saturated rings. The number of fused-ring (bicyclic) bond motifs is 1. The first-order valence-corrected chi connectivity index (χ1v) is 8.45. The van der Waals surface area contributed by atoms with E-state index < -0.39 is 11.9 Å². The van der Waals surface area contributed by atoms with Gasteiger partial charge in [0.15, 0.2) is 0 Å². The van der Waals surface area contributed by atoms with Crippen LogP contribution < -0.4 is 10.1 Å². The monoisotopic (exact) mass is 365 g/mol. The lowest BCUT2D eigenvalue weighted by atomic mass is 9.80. The standard InChI is InChI=1S/C20H19N3O4/c1-4-27-19-17-16(13-6-5-12(8-21)7-14(13)24)15(20(25)26)11(3)23-18(17)10(2)9-22-19/h5-7,9,16,23-24H,4H2,1-3H3,(H,25,26)/t16-/m1/s1. The molecule has 7 nitrogen and oxygen atoms in total. The molecule has 1 aliphatic rings. The van der Waals surface area contributed by atoms with E-state index in [-0.39, 0.29) is 16.9 Å². The molecular formula is C20H19N3O4. The maximum Gasteiger partial charge on any atom is 0.334 e. The second-order valence-electron chi connectivity index (χ2n) is 6.26. The van der Waals surface area contributed by atoms with Crippen LogP contribution in [-0.2, 0) is 4.79 Å². The number of phenolic OH excluding ortho intramolecular Hbond substituents is 1. The van der Waals surface area contributed by atoms with Gasteiger partial charge in [0.25, 0.3) is 0 Å². The van der Waals surface area contributed by atoms with Crippen LogP contribution in [0.25, 0.3) is 0 Å². The minimum absolute atomic E-state index is 0.0934. The molecule has 0 bridgehead atoms. The number of hydrogen-bond acceptors (Lipinski definition) is 6. The third-order valence-electron chi connectivity index (χ3n) is 4.55. The van der Waals surface area contributed by atoms with Crippen molar-refractivity contribution in [3.8, 4) is 17.7 Å². The van der Waals surface area contributed by atoms with Crippen molar-refractivity contribution in [1.82, 2.24) is 4.98 Å². The third-order valence-corrected chi connectivity index (χ3v) is 4.55. The van der Waals surface area contributed by atoms with Gasteiger partial charge in [-0.05, 0) is 38.5 Å². The fraction of sp³-hybridized carbons (Fsp3) is 0.250. The summed E-state index contributed by atoms with van der Waals surface area (Å²) in [5.74, 6) is -1.74. The summed E-state index contributed by atoms with van der Waals surface area (Å²) in [6.45, 7) is 5.72. The number of aromatic hydroxyl groups is 1. The number of nitrogens with zero attached hydrogens (tertiary/aromatic N) is 2. The molecule has 138 valence electrons. The van der Waals surface area contributed by atoms with Gasteiger partial charge in [0.2, 0.25) is 5.88 Å². The Balaban J connectivity index is 2.35. The molecular weight excluding hydrogens is 346 g/mol. The Morgan fingerprint density at radius 2 is 2.15 bits per heavy atom. The number of pyridine rings is 1. The summed E-state index contributed by atoms with van der Waals surface area (Å²) in [7, 11) is 0. The first kappa shape index (κ1) is 18.3. The van der Waals surface area contributed by atoms with Crippen LogP contribution in [0.1, 0.15) is 42.0 Å². The molecule has 0 radical (unpaired) electrons. The number of nitrogens with one attached hydrogen (secondary N) is 1. The number of benzene rings is 1. The zero-order valence-electron chi connectivity index (χ0n) is 15.2. The van der Waals surface area contributed by atoms with E-state index in [0.717, 1.165) is 5.56 Å². The number of carboxylic acid groups (broad SMARTS) is 1. The van der Waals surface area contributed by atoms with Crippen LogP contribution in [0.4, 0.5) is 5.69 Å². The van der Waals surface area contributed by atoms with Gasteiger partial charge in [-0.1, -0.05) is 6.07 Å². The molecule has 0 saturated heterocycles. The Morgan fingerprint density at radius 3 is 2.74 bits per heavy atom. The van der Waals surface area contributed by atoms with Crippen LogP contribution in [0, 0.1) is 18.3 Å². The molecule has 1 aliphatic heterocycles. The van der Waals surface area contributed by atoms with Crippen molar-refractivity contribution in [2.24, 2.45) is 0 Å². The van der Waals surface area contributed by atoms with Crippen LogP contribution in [0.2, 0.25) is 0 Å². The third kappa shape index (κ3) is 3.06. The highest BCUT2D eigenvalue weighted by Gasteiger charge is 2.37. The lowest BCUT2D eigenvalue weighted by Crippen LogP contribution is -2.24. The number of rotatable bonds is 4. The van der Waals surface area contributed by atoms with Crippen molar-refractivity contribution in [3.63, 3.8) is 0 Å². The maximum absolute atomic E-state index is 12.1. The van der Waals surface area contributed by atoms with Gasteiger partial charge in [-0.25, -0.2) is 9.78 Å². The molecule has 3 N–H and O–H groups in total. The second kappa shape index (κ2) is 7.00. The van der Waals surface area contributed by atoms with Crippen molar-refractivity contribution in [3.05, 3.63) is 57.9 Å². The van der Waals surface area contributed by atoms with Crippen LogP contribution in [0.15, 0.2) is 35.7 Å². The molecule has 3 rings (SSSR count). The Hall–Kier alpha value is -3.53. The number of carbonyl (C=O) groups is 1. The molecule has 0 amide bonds. The van der Waals surface area contributed by atoms with Gasteiger partial charge < -0.3 is 20.3 Å². The summed E-state index contributed by atoms with van der Waals surface area (Å²) < 4.78 is 5.66.